The summed E-state index contributed by atoms with van der Waals surface area (Å²) in [7, 11) is -4.20. The first-order chi connectivity index (χ1) is 19.8. The van der Waals surface area contributed by atoms with E-state index in [-0.39, 0.29) is 29.1 Å². The summed E-state index contributed by atoms with van der Waals surface area (Å²) < 4.78 is 29.0. The molecule has 1 N–H and O–H groups in total. The molecule has 0 heterocycles. The number of aryl methyl sites for hydroxylation is 2. The van der Waals surface area contributed by atoms with Crippen LogP contribution in [-0.2, 0) is 26.2 Å². The molecule has 2 atom stereocenters. The van der Waals surface area contributed by atoms with Gasteiger partial charge in [-0.05, 0) is 81.1 Å². The van der Waals surface area contributed by atoms with Gasteiger partial charge in [-0.1, -0.05) is 78.5 Å². The van der Waals surface area contributed by atoms with Crippen LogP contribution in [0.5, 0.6) is 0 Å². The minimum atomic E-state index is -4.20. The van der Waals surface area contributed by atoms with Crippen molar-refractivity contribution in [3.05, 3.63) is 92.4 Å². The maximum absolute atomic E-state index is 14.2. The van der Waals surface area contributed by atoms with Crippen molar-refractivity contribution in [3.8, 4) is 0 Å². The minimum absolute atomic E-state index is 0.00915. The zero-order chi connectivity index (χ0) is 31.2. The van der Waals surface area contributed by atoms with Crippen LogP contribution in [0.15, 0.2) is 65.6 Å². The molecule has 0 saturated carbocycles. The van der Waals surface area contributed by atoms with Crippen LogP contribution in [0.2, 0.25) is 15.1 Å². The highest BCUT2D eigenvalue weighted by Crippen LogP contribution is 2.29. The molecule has 3 aromatic rings. The fourth-order valence-corrected chi connectivity index (χ4v) is 6.20. The Bertz CT molecular complexity index is 1530. The predicted molar refractivity (Wildman–Crippen MR) is 171 cm³/mol. The van der Waals surface area contributed by atoms with Gasteiger partial charge >= 0.3 is 0 Å². The van der Waals surface area contributed by atoms with Crippen molar-refractivity contribution in [1.82, 2.24) is 10.2 Å². The van der Waals surface area contributed by atoms with E-state index < -0.39 is 28.5 Å². The Labute approximate surface area is 263 Å². The Balaban J connectivity index is 2.10. The molecule has 0 saturated heterocycles. The van der Waals surface area contributed by atoms with Crippen LogP contribution in [0.1, 0.15) is 50.3 Å². The third kappa shape index (κ3) is 8.19. The quantitative estimate of drug-likeness (QED) is 0.225. The van der Waals surface area contributed by atoms with E-state index in [1.165, 1.54) is 23.1 Å². The van der Waals surface area contributed by atoms with Gasteiger partial charge in [0.25, 0.3) is 10.0 Å². The van der Waals surface area contributed by atoms with Crippen LogP contribution >= 0.6 is 34.8 Å². The van der Waals surface area contributed by atoms with Crippen LogP contribution in [-0.4, -0.2) is 43.8 Å². The number of carbonyl (C=O) groups excluding carboxylic acids is 2. The monoisotopic (exact) mass is 651 g/mol. The first-order valence-corrected chi connectivity index (χ1v) is 16.2. The third-order valence-electron chi connectivity index (χ3n) is 7.06. The standard InChI is InChI=1S/C31H36Cl3N3O4S/c1-6-22(5)35-31(39)29(7-2)36(18-23-11-15-26(32)28(34)16-23)30(38)19-37(24-12-10-21(4)27(33)17-24)42(40,41)25-13-8-20(3)9-14-25/h8-17,22,29H,6-7,18-19H2,1-5H3,(H,35,39). The Morgan fingerprint density at radius 1 is 0.857 bits per heavy atom. The number of amides is 2. The number of carbonyl (C=O) groups is 2. The van der Waals surface area contributed by atoms with Gasteiger partial charge in [0.2, 0.25) is 11.8 Å². The smallest absolute Gasteiger partial charge is 0.264 e. The summed E-state index contributed by atoms with van der Waals surface area (Å²) in [5.74, 6) is -0.897. The van der Waals surface area contributed by atoms with E-state index in [0.717, 1.165) is 15.4 Å². The van der Waals surface area contributed by atoms with Crippen LogP contribution in [0.25, 0.3) is 0 Å². The van der Waals surface area contributed by atoms with Gasteiger partial charge < -0.3 is 10.2 Å². The highest BCUT2D eigenvalue weighted by Gasteiger charge is 2.34. The van der Waals surface area contributed by atoms with Gasteiger partial charge in [0, 0.05) is 17.6 Å². The number of nitrogens with one attached hydrogen (secondary N) is 1. The van der Waals surface area contributed by atoms with E-state index in [4.69, 9.17) is 34.8 Å². The van der Waals surface area contributed by atoms with Gasteiger partial charge in [-0.2, -0.15) is 0 Å². The molecule has 0 aromatic heterocycles. The van der Waals surface area contributed by atoms with Crippen LogP contribution in [0, 0.1) is 13.8 Å². The number of nitrogens with zero attached hydrogens (tertiary/aromatic N) is 2. The molecule has 3 rings (SSSR count). The lowest BCUT2D eigenvalue weighted by molar-refractivity contribution is -0.140. The predicted octanol–water partition coefficient (Wildman–Crippen LogP) is 7.18. The van der Waals surface area contributed by atoms with E-state index in [2.05, 4.69) is 5.32 Å². The first kappa shape index (κ1) is 33.7. The van der Waals surface area contributed by atoms with Gasteiger partial charge in [0.1, 0.15) is 12.6 Å². The molecule has 0 aliphatic rings. The maximum Gasteiger partial charge on any atom is 0.264 e. The number of rotatable bonds is 12. The largest absolute Gasteiger partial charge is 0.352 e. The summed E-state index contributed by atoms with van der Waals surface area (Å²) in [6, 6.07) is 15.2. The lowest BCUT2D eigenvalue weighted by atomic mass is 10.1. The van der Waals surface area contributed by atoms with Crippen LogP contribution in [0.3, 0.4) is 0 Å². The molecule has 226 valence electrons. The average molecular weight is 653 g/mol. The summed E-state index contributed by atoms with van der Waals surface area (Å²) in [5.41, 5.74) is 2.51. The number of sulfonamides is 1. The summed E-state index contributed by atoms with van der Waals surface area (Å²) in [4.78, 5) is 29.0. The maximum atomic E-state index is 14.2. The highest BCUT2D eigenvalue weighted by atomic mass is 35.5. The molecule has 0 aliphatic heterocycles. The molecule has 0 aliphatic carbocycles. The summed E-state index contributed by atoms with van der Waals surface area (Å²) in [6.45, 7) is 8.73. The molecule has 0 spiro atoms. The molecule has 2 amide bonds. The molecule has 11 heteroatoms. The fourth-order valence-electron chi connectivity index (χ4n) is 4.30. The molecule has 2 unspecified atom stereocenters. The molecule has 7 nitrogen and oxygen atoms in total. The van der Waals surface area contributed by atoms with Crippen LogP contribution < -0.4 is 9.62 Å². The molecule has 0 fully saturated rings. The second kappa shape index (κ2) is 14.6. The first-order valence-electron chi connectivity index (χ1n) is 13.7. The van der Waals surface area contributed by atoms with E-state index in [9.17, 15) is 18.0 Å². The Morgan fingerprint density at radius 2 is 1.52 bits per heavy atom. The lowest BCUT2D eigenvalue weighted by Crippen LogP contribution is -2.53. The SMILES string of the molecule is CCC(C)NC(=O)C(CC)N(Cc1ccc(Cl)c(Cl)c1)C(=O)CN(c1ccc(C)c(Cl)c1)S(=O)(=O)c1ccc(C)cc1. The molecule has 3 aromatic carbocycles. The summed E-state index contributed by atoms with van der Waals surface area (Å²) in [5, 5.41) is 3.97. The van der Waals surface area contributed by atoms with E-state index in [1.807, 2.05) is 20.8 Å². The Morgan fingerprint density at radius 3 is 2.10 bits per heavy atom. The molecule has 0 radical (unpaired) electrons. The van der Waals surface area contributed by atoms with Crippen LogP contribution in [0.4, 0.5) is 5.69 Å². The van der Waals surface area contributed by atoms with E-state index in [0.29, 0.717) is 33.5 Å². The van der Waals surface area contributed by atoms with Gasteiger partial charge in [-0.3, -0.25) is 13.9 Å². The molecular weight excluding hydrogens is 617 g/mol. The second-order valence-electron chi connectivity index (χ2n) is 10.3. The van der Waals surface area contributed by atoms with Gasteiger partial charge in [0.05, 0.1) is 20.6 Å². The Hall–Kier alpha value is -2.78. The zero-order valence-corrected chi connectivity index (χ0v) is 27.4. The van der Waals surface area contributed by atoms with Gasteiger partial charge in [-0.25, -0.2) is 8.42 Å². The average Bonchev–Trinajstić information content (AvgIpc) is 2.95. The number of hydrogen-bond donors (Lipinski definition) is 1. The second-order valence-corrected chi connectivity index (χ2v) is 13.4. The van der Waals surface area contributed by atoms with Crippen molar-refractivity contribution in [2.45, 2.75) is 71.0 Å². The molecule has 42 heavy (non-hydrogen) atoms. The number of hydrogen-bond acceptors (Lipinski definition) is 4. The van der Waals surface area contributed by atoms with Gasteiger partial charge in [0.15, 0.2) is 0 Å². The van der Waals surface area contributed by atoms with Crippen molar-refractivity contribution in [3.63, 3.8) is 0 Å². The summed E-state index contributed by atoms with van der Waals surface area (Å²) >= 11 is 18.8. The van der Waals surface area contributed by atoms with Gasteiger partial charge in [-0.15, -0.1) is 0 Å². The molecular formula is C31H36Cl3N3O4S. The van der Waals surface area contributed by atoms with E-state index in [1.54, 1.807) is 56.3 Å². The topological polar surface area (TPSA) is 86.8 Å². The zero-order valence-electron chi connectivity index (χ0n) is 24.3. The highest BCUT2D eigenvalue weighted by molar-refractivity contribution is 7.92. The molecule has 0 bridgehead atoms. The normalized spacial score (nSPS) is 12.9. The van der Waals surface area contributed by atoms with Crippen molar-refractivity contribution in [1.29, 1.82) is 0 Å². The minimum Gasteiger partial charge on any atom is -0.352 e. The van der Waals surface area contributed by atoms with Crippen molar-refractivity contribution in [2.75, 3.05) is 10.8 Å². The fraction of sp³-hybridized carbons (Fsp3) is 0.355. The summed E-state index contributed by atoms with van der Waals surface area (Å²) in [6.07, 6.45) is 1.01. The van der Waals surface area contributed by atoms with Crippen molar-refractivity contribution >= 4 is 62.3 Å². The van der Waals surface area contributed by atoms with Crippen molar-refractivity contribution < 1.29 is 18.0 Å². The third-order valence-corrected chi connectivity index (χ3v) is 9.99. The number of benzene rings is 3. The van der Waals surface area contributed by atoms with Crippen molar-refractivity contribution in [2.24, 2.45) is 0 Å². The lowest BCUT2D eigenvalue weighted by Gasteiger charge is -2.34. The number of halogens is 3. The number of anilines is 1. The van der Waals surface area contributed by atoms with E-state index >= 15 is 0 Å². The Kier molecular flexibility index (Phi) is 11.7.